The fraction of sp³-hybridized carbons (Fsp3) is 0.385. The number of aromatic nitrogens is 2. The van der Waals surface area contributed by atoms with E-state index in [2.05, 4.69) is 4.90 Å². The molecule has 1 aliphatic heterocycles. The van der Waals surface area contributed by atoms with Gasteiger partial charge in [0.2, 0.25) is 10.0 Å². The van der Waals surface area contributed by atoms with Crippen LogP contribution in [0, 0.1) is 13.8 Å². The van der Waals surface area contributed by atoms with Crippen LogP contribution < -0.4 is 4.90 Å². The van der Waals surface area contributed by atoms with E-state index in [-0.39, 0.29) is 10.8 Å². The zero-order valence-corrected chi connectivity index (χ0v) is 21.8. The number of nitrogens with zero attached hydrogens (tertiary/aromatic N) is 5. The smallest absolute Gasteiger partial charge is 0.256 e. The van der Waals surface area contributed by atoms with Crippen molar-refractivity contribution in [2.45, 2.75) is 38.1 Å². The van der Waals surface area contributed by atoms with Gasteiger partial charge in [0.15, 0.2) is 0 Å². The van der Waals surface area contributed by atoms with E-state index >= 15 is 0 Å². The van der Waals surface area contributed by atoms with Crippen LogP contribution in [-0.4, -0.2) is 67.5 Å². The predicted octanol–water partition coefficient (Wildman–Crippen LogP) is 3.61. The largest absolute Gasteiger partial charge is 0.371 e. The van der Waals surface area contributed by atoms with Crippen molar-refractivity contribution in [2.24, 2.45) is 0 Å². The summed E-state index contributed by atoms with van der Waals surface area (Å²) in [5.41, 5.74) is 4.95. The summed E-state index contributed by atoms with van der Waals surface area (Å²) in [5, 5.41) is 4.70. The fourth-order valence-corrected chi connectivity index (χ4v) is 5.46. The van der Waals surface area contributed by atoms with E-state index in [0.29, 0.717) is 12.1 Å². The molecule has 0 saturated carbocycles. The number of carbonyl (C=O) groups is 1. The number of carbonyl (C=O) groups excluding carboxylic acids is 1. The number of para-hydroxylation sites is 1. The maximum atomic E-state index is 13.7. The Bertz CT molecular complexity index is 1330. The van der Waals surface area contributed by atoms with Gasteiger partial charge in [0.05, 0.1) is 21.8 Å². The molecule has 1 amide bonds. The molecule has 1 aromatic heterocycles. The Kier molecular flexibility index (Phi) is 7.00. The molecule has 0 atom stereocenters. The van der Waals surface area contributed by atoms with Gasteiger partial charge in [-0.3, -0.25) is 4.79 Å². The van der Waals surface area contributed by atoms with Crippen molar-refractivity contribution in [1.29, 1.82) is 0 Å². The summed E-state index contributed by atoms with van der Waals surface area (Å²) >= 11 is 0. The third-order valence-corrected chi connectivity index (χ3v) is 8.42. The molecule has 0 aliphatic carbocycles. The Labute approximate surface area is 207 Å². The van der Waals surface area contributed by atoms with Gasteiger partial charge in [-0.2, -0.15) is 5.10 Å². The van der Waals surface area contributed by atoms with Crippen molar-refractivity contribution >= 4 is 21.6 Å². The minimum Gasteiger partial charge on any atom is -0.371 e. The first-order valence-electron chi connectivity index (χ1n) is 11.8. The van der Waals surface area contributed by atoms with Crippen LogP contribution in [0.2, 0.25) is 0 Å². The molecule has 0 radical (unpaired) electrons. The summed E-state index contributed by atoms with van der Waals surface area (Å²) in [4.78, 5) is 17.7. The van der Waals surface area contributed by atoms with Crippen LogP contribution in [0.5, 0.6) is 0 Å². The number of anilines is 1. The van der Waals surface area contributed by atoms with Crippen LogP contribution in [0.25, 0.3) is 5.69 Å². The molecule has 186 valence electrons. The minimum atomic E-state index is -3.67. The second-order valence-corrected chi connectivity index (χ2v) is 11.4. The van der Waals surface area contributed by atoms with Crippen molar-refractivity contribution in [3.8, 4) is 5.69 Å². The zero-order chi connectivity index (χ0) is 25.3. The predicted molar refractivity (Wildman–Crippen MR) is 138 cm³/mol. The molecular formula is C26H33N5O3S. The number of benzene rings is 2. The maximum absolute atomic E-state index is 13.7. The molecule has 3 aromatic rings. The SMILES string of the molecule is Cc1nn(-c2ccccc2)c(C)c1CN(C)C(=O)c1cc(S(=O)(=O)N(C)C)ccc1N1CCCC1. The Morgan fingerprint density at radius 3 is 2.29 bits per heavy atom. The number of rotatable bonds is 7. The zero-order valence-electron chi connectivity index (χ0n) is 21.0. The lowest BCUT2D eigenvalue weighted by atomic mass is 10.1. The van der Waals surface area contributed by atoms with E-state index in [1.54, 1.807) is 24.1 Å². The third kappa shape index (κ3) is 4.83. The van der Waals surface area contributed by atoms with E-state index in [1.165, 1.54) is 24.5 Å². The molecule has 2 aromatic carbocycles. The van der Waals surface area contributed by atoms with E-state index < -0.39 is 10.0 Å². The number of hydrogen-bond donors (Lipinski definition) is 0. The highest BCUT2D eigenvalue weighted by atomic mass is 32.2. The Hall–Kier alpha value is -3.17. The lowest BCUT2D eigenvalue weighted by Gasteiger charge is -2.25. The quantitative estimate of drug-likeness (QED) is 0.500. The lowest BCUT2D eigenvalue weighted by molar-refractivity contribution is 0.0785. The van der Waals surface area contributed by atoms with Crippen molar-refractivity contribution < 1.29 is 13.2 Å². The summed E-state index contributed by atoms with van der Waals surface area (Å²) in [6.45, 7) is 6.02. The van der Waals surface area contributed by atoms with Crippen LogP contribution in [0.15, 0.2) is 53.4 Å². The summed E-state index contributed by atoms with van der Waals surface area (Å²) in [6.07, 6.45) is 2.11. The van der Waals surface area contributed by atoms with Crippen LogP contribution in [0.1, 0.15) is 40.2 Å². The highest BCUT2D eigenvalue weighted by Gasteiger charge is 2.27. The summed E-state index contributed by atoms with van der Waals surface area (Å²) in [6, 6.07) is 14.8. The van der Waals surface area contributed by atoms with Gasteiger partial charge in [-0.1, -0.05) is 18.2 Å². The van der Waals surface area contributed by atoms with Gasteiger partial charge < -0.3 is 9.80 Å². The Morgan fingerprint density at radius 1 is 1.00 bits per heavy atom. The molecule has 8 nitrogen and oxygen atoms in total. The summed E-state index contributed by atoms with van der Waals surface area (Å²) < 4.78 is 28.7. The number of aryl methyl sites for hydroxylation is 1. The molecule has 1 saturated heterocycles. The summed E-state index contributed by atoms with van der Waals surface area (Å²) in [5.74, 6) is -0.214. The van der Waals surface area contributed by atoms with Gasteiger partial charge in [-0.05, 0) is 57.0 Å². The van der Waals surface area contributed by atoms with Gasteiger partial charge in [0, 0.05) is 57.7 Å². The molecule has 9 heteroatoms. The molecular weight excluding hydrogens is 462 g/mol. The third-order valence-electron chi connectivity index (χ3n) is 6.61. The molecule has 4 rings (SSSR count). The first kappa shape index (κ1) is 24.9. The summed E-state index contributed by atoms with van der Waals surface area (Å²) in [7, 11) is 1.07. The fourth-order valence-electron chi connectivity index (χ4n) is 4.53. The first-order chi connectivity index (χ1) is 16.6. The van der Waals surface area contributed by atoms with E-state index in [4.69, 9.17) is 5.10 Å². The van der Waals surface area contributed by atoms with Gasteiger partial charge in [-0.15, -0.1) is 0 Å². The Balaban J connectivity index is 1.69. The number of amides is 1. The van der Waals surface area contributed by atoms with Crippen LogP contribution in [-0.2, 0) is 16.6 Å². The highest BCUT2D eigenvalue weighted by Crippen LogP contribution is 2.30. The molecule has 1 aliphatic rings. The molecule has 0 bridgehead atoms. The molecule has 0 spiro atoms. The monoisotopic (exact) mass is 495 g/mol. The van der Waals surface area contributed by atoms with Crippen molar-refractivity contribution in [2.75, 3.05) is 39.1 Å². The topological polar surface area (TPSA) is 78.8 Å². The van der Waals surface area contributed by atoms with E-state index in [1.807, 2.05) is 48.9 Å². The normalized spacial score (nSPS) is 14.1. The van der Waals surface area contributed by atoms with Gasteiger partial charge in [-0.25, -0.2) is 17.4 Å². The van der Waals surface area contributed by atoms with Crippen molar-refractivity contribution in [3.05, 3.63) is 71.0 Å². The van der Waals surface area contributed by atoms with Crippen LogP contribution in [0.4, 0.5) is 5.69 Å². The lowest BCUT2D eigenvalue weighted by Crippen LogP contribution is -2.30. The second-order valence-electron chi connectivity index (χ2n) is 9.22. The Morgan fingerprint density at radius 2 is 1.66 bits per heavy atom. The minimum absolute atomic E-state index is 0.117. The molecule has 35 heavy (non-hydrogen) atoms. The van der Waals surface area contributed by atoms with E-state index in [0.717, 1.165) is 54.3 Å². The standard InChI is InChI=1S/C26H33N5O3S/c1-19-24(20(2)31(27-19)21-11-7-6-8-12-21)18-29(5)26(32)23-17-22(35(33,34)28(3)4)13-14-25(23)30-15-9-10-16-30/h6-8,11-14,17H,9-10,15-16,18H2,1-5H3. The van der Waals surface area contributed by atoms with Gasteiger partial charge in [0.25, 0.3) is 5.91 Å². The van der Waals surface area contributed by atoms with Crippen LogP contribution in [0.3, 0.4) is 0 Å². The average molecular weight is 496 g/mol. The molecule has 0 N–H and O–H groups in total. The molecule has 1 fully saturated rings. The molecule has 0 unspecified atom stereocenters. The van der Waals surface area contributed by atoms with Gasteiger partial charge >= 0.3 is 0 Å². The number of sulfonamides is 1. The molecule has 2 heterocycles. The van der Waals surface area contributed by atoms with Crippen LogP contribution >= 0.6 is 0 Å². The van der Waals surface area contributed by atoms with E-state index in [9.17, 15) is 13.2 Å². The van der Waals surface area contributed by atoms with Crippen molar-refractivity contribution in [3.63, 3.8) is 0 Å². The number of hydrogen-bond acceptors (Lipinski definition) is 5. The maximum Gasteiger partial charge on any atom is 0.256 e. The highest BCUT2D eigenvalue weighted by molar-refractivity contribution is 7.89. The first-order valence-corrected chi connectivity index (χ1v) is 13.2. The average Bonchev–Trinajstić information content (AvgIpc) is 3.48. The second kappa shape index (κ2) is 9.83. The van der Waals surface area contributed by atoms with Gasteiger partial charge in [0.1, 0.15) is 0 Å². The van der Waals surface area contributed by atoms with Crippen molar-refractivity contribution in [1.82, 2.24) is 19.0 Å².